The highest BCUT2D eigenvalue weighted by Crippen LogP contribution is 2.46. The molecule has 0 atom stereocenters. The molecule has 0 spiro atoms. The van der Waals surface area contributed by atoms with Gasteiger partial charge in [-0.15, -0.1) is 11.3 Å². The molecule has 0 unspecified atom stereocenters. The molecule has 0 saturated carbocycles. The lowest BCUT2D eigenvalue weighted by Gasteiger charge is -2.15. The fourth-order valence-electron chi connectivity index (χ4n) is 4.20. The molecule has 0 amide bonds. The second kappa shape index (κ2) is 6.68. The molecule has 1 aliphatic carbocycles. The number of fused-ring (bicyclic) bond motifs is 5. The molecule has 142 valence electrons. The summed E-state index contributed by atoms with van der Waals surface area (Å²) in [5.74, 6) is 1.01. The number of halogens is 1. The van der Waals surface area contributed by atoms with Crippen molar-refractivity contribution in [1.82, 2.24) is 15.0 Å². The van der Waals surface area contributed by atoms with Crippen LogP contribution in [0, 0.1) is 5.41 Å². The monoisotopic (exact) mass is 408 g/mol. The predicted molar refractivity (Wildman–Crippen MR) is 118 cm³/mol. The number of hydrogen-bond donors (Lipinski definition) is 1. The molecule has 0 aliphatic heterocycles. The maximum Gasteiger partial charge on any atom is 0.150 e. The number of anilines is 1. The Kier molecular flexibility index (Phi) is 4.25. The molecular weight excluding hydrogens is 388 g/mol. The van der Waals surface area contributed by atoms with E-state index in [1.54, 1.807) is 17.7 Å². The largest absolute Gasteiger partial charge is 0.369 e. The molecule has 1 aromatic carbocycles. The van der Waals surface area contributed by atoms with E-state index < -0.39 is 0 Å². The summed E-state index contributed by atoms with van der Waals surface area (Å²) in [5.41, 5.74) is 5.20. The lowest BCUT2D eigenvalue weighted by molar-refractivity contribution is 0.393. The Morgan fingerprint density at radius 3 is 2.71 bits per heavy atom. The Hall–Kier alpha value is -2.24. The van der Waals surface area contributed by atoms with Gasteiger partial charge in [-0.3, -0.25) is 0 Å². The van der Waals surface area contributed by atoms with Crippen LogP contribution in [0.2, 0.25) is 5.15 Å². The summed E-state index contributed by atoms with van der Waals surface area (Å²) in [4.78, 5) is 14.7. The summed E-state index contributed by atoms with van der Waals surface area (Å²) in [6, 6.07) is 10.6. The molecule has 0 bridgehead atoms. The van der Waals surface area contributed by atoms with Gasteiger partial charge >= 0.3 is 0 Å². The molecule has 4 aromatic rings. The molecule has 5 rings (SSSR count). The van der Waals surface area contributed by atoms with E-state index in [-0.39, 0.29) is 5.41 Å². The van der Waals surface area contributed by atoms with Crippen LogP contribution < -0.4 is 5.32 Å². The van der Waals surface area contributed by atoms with Crippen molar-refractivity contribution in [2.75, 3.05) is 11.9 Å². The van der Waals surface area contributed by atoms with Crippen LogP contribution in [0.25, 0.3) is 20.4 Å². The molecule has 0 radical (unpaired) electrons. The Labute approximate surface area is 173 Å². The van der Waals surface area contributed by atoms with Crippen molar-refractivity contribution in [3.63, 3.8) is 0 Å². The van der Waals surface area contributed by atoms with Crippen LogP contribution in [-0.2, 0) is 19.3 Å². The summed E-state index contributed by atoms with van der Waals surface area (Å²) >= 11 is 7.93. The van der Waals surface area contributed by atoms with E-state index in [2.05, 4.69) is 59.5 Å². The van der Waals surface area contributed by atoms with Gasteiger partial charge in [-0.2, -0.15) is 0 Å². The quantitative estimate of drug-likeness (QED) is 0.442. The van der Waals surface area contributed by atoms with Gasteiger partial charge in [0.2, 0.25) is 0 Å². The van der Waals surface area contributed by atoms with Crippen molar-refractivity contribution in [3.05, 3.63) is 58.5 Å². The van der Waals surface area contributed by atoms with Gasteiger partial charge < -0.3 is 5.32 Å². The van der Waals surface area contributed by atoms with E-state index in [0.717, 1.165) is 46.7 Å². The number of pyridine rings is 1. The second-order valence-corrected chi connectivity index (χ2v) is 9.58. The van der Waals surface area contributed by atoms with Crippen LogP contribution in [0.1, 0.15) is 30.5 Å². The van der Waals surface area contributed by atoms with Crippen molar-refractivity contribution in [2.24, 2.45) is 5.41 Å². The number of nitrogens with one attached hydrogen (secondary N) is 1. The number of aromatic nitrogens is 3. The molecule has 6 heteroatoms. The normalized spacial score (nSPS) is 15.2. The molecule has 1 aliphatic rings. The molecule has 1 N–H and O–H groups in total. The van der Waals surface area contributed by atoms with Crippen molar-refractivity contribution >= 4 is 49.2 Å². The first-order valence-electron chi connectivity index (χ1n) is 9.54. The maximum absolute atomic E-state index is 6.34. The van der Waals surface area contributed by atoms with Crippen LogP contribution in [0.3, 0.4) is 0 Å². The Morgan fingerprint density at radius 2 is 1.89 bits per heavy atom. The highest BCUT2D eigenvalue weighted by Gasteiger charge is 2.34. The minimum atomic E-state index is 0.221. The highest BCUT2D eigenvalue weighted by atomic mass is 35.5. The van der Waals surface area contributed by atoms with Gasteiger partial charge in [-0.25, -0.2) is 15.0 Å². The lowest BCUT2D eigenvalue weighted by atomic mass is 9.90. The fourth-order valence-corrected chi connectivity index (χ4v) is 5.49. The van der Waals surface area contributed by atoms with E-state index in [4.69, 9.17) is 16.6 Å². The smallest absolute Gasteiger partial charge is 0.150 e. The van der Waals surface area contributed by atoms with Crippen molar-refractivity contribution in [3.8, 4) is 0 Å². The van der Waals surface area contributed by atoms with Crippen LogP contribution >= 0.6 is 22.9 Å². The topological polar surface area (TPSA) is 50.7 Å². The number of thiophene rings is 1. The molecule has 0 saturated heterocycles. The van der Waals surface area contributed by atoms with Gasteiger partial charge in [0, 0.05) is 11.9 Å². The van der Waals surface area contributed by atoms with Crippen molar-refractivity contribution < 1.29 is 0 Å². The predicted octanol–water partition coefficient (Wildman–Crippen LogP) is 5.67. The minimum absolute atomic E-state index is 0.221. The fraction of sp³-hybridized carbons (Fsp3) is 0.318. The third-order valence-electron chi connectivity index (χ3n) is 5.43. The second-order valence-electron chi connectivity index (χ2n) is 8.22. The number of nitrogens with zero attached hydrogens (tertiary/aromatic N) is 3. The van der Waals surface area contributed by atoms with Gasteiger partial charge in [-0.05, 0) is 41.4 Å². The summed E-state index contributed by atoms with van der Waals surface area (Å²) in [7, 11) is 0. The summed E-state index contributed by atoms with van der Waals surface area (Å²) in [6.45, 7) is 5.51. The molecule has 0 fully saturated rings. The zero-order valence-electron chi connectivity index (χ0n) is 15.9. The van der Waals surface area contributed by atoms with Gasteiger partial charge in [-0.1, -0.05) is 55.8 Å². The average molecular weight is 409 g/mol. The van der Waals surface area contributed by atoms with Gasteiger partial charge in [0.05, 0.1) is 10.2 Å². The SMILES string of the molecule is CC1(C)Cc2c(NCCc3ccccc3)nc3sc4c(Cl)ncnc4c3c2C1. The summed E-state index contributed by atoms with van der Waals surface area (Å²) in [5, 5.41) is 5.29. The molecular formula is C22H21ClN4S. The third kappa shape index (κ3) is 3.03. The van der Waals surface area contributed by atoms with E-state index in [9.17, 15) is 0 Å². The molecule has 4 nitrogen and oxygen atoms in total. The minimum Gasteiger partial charge on any atom is -0.369 e. The maximum atomic E-state index is 6.34. The van der Waals surface area contributed by atoms with E-state index in [1.165, 1.54) is 22.1 Å². The standard InChI is InChI=1S/C22H21ClN4S/c1-22(2)10-14-15(11-22)20(24-9-8-13-6-4-3-5-7-13)27-21-16(14)17-18(28-21)19(23)26-12-25-17/h3-7,12H,8-11H2,1-2H3,(H,24,27). The summed E-state index contributed by atoms with van der Waals surface area (Å²) in [6.07, 6.45) is 4.58. The van der Waals surface area contributed by atoms with Gasteiger partial charge in [0.1, 0.15) is 22.1 Å². The highest BCUT2D eigenvalue weighted by molar-refractivity contribution is 7.26. The lowest BCUT2D eigenvalue weighted by Crippen LogP contribution is -2.11. The van der Waals surface area contributed by atoms with Crippen LogP contribution in [0.15, 0.2) is 36.7 Å². The Morgan fingerprint density at radius 1 is 1.11 bits per heavy atom. The first kappa shape index (κ1) is 17.8. The van der Waals surface area contributed by atoms with E-state index in [0.29, 0.717) is 5.15 Å². The van der Waals surface area contributed by atoms with Crippen molar-refractivity contribution in [1.29, 1.82) is 0 Å². The van der Waals surface area contributed by atoms with Crippen LogP contribution in [-0.4, -0.2) is 21.5 Å². The Balaban J connectivity index is 1.58. The van der Waals surface area contributed by atoms with Crippen LogP contribution in [0.5, 0.6) is 0 Å². The zero-order chi connectivity index (χ0) is 19.3. The van der Waals surface area contributed by atoms with E-state index >= 15 is 0 Å². The molecule has 3 aromatic heterocycles. The number of benzene rings is 1. The first-order valence-corrected chi connectivity index (χ1v) is 10.7. The van der Waals surface area contributed by atoms with E-state index in [1.807, 2.05) is 0 Å². The van der Waals surface area contributed by atoms with Gasteiger partial charge in [0.15, 0.2) is 0 Å². The summed E-state index contributed by atoms with van der Waals surface area (Å²) < 4.78 is 0.931. The average Bonchev–Trinajstić information content (AvgIpc) is 3.20. The number of hydrogen-bond acceptors (Lipinski definition) is 5. The molecule has 28 heavy (non-hydrogen) atoms. The van der Waals surface area contributed by atoms with Gasteiger partial charge in [0.25, 0.3) is 0 Å². The Bertz CT molecular complexity index is 1180. The van der Waals surface area contributed by atoms with Crippen LogP contribution in [0.4, 0.5) is 5.82 Å². The first-order chi connectivity index (χ1) is 13.5. The number of rotatable bonds is 4. The third-order valence-corrected chi connectivity index (χ3v) is 6.91. The molecule has 3 heterocycles. The zero-order valence-corrected chi connectivity index (χ0v) is 17.5. The van der Waals surface area contributed by atoms with Crippen molar-refractivity contribution in [2.45, 2.75) is 33.1 Å².